The molecular formula is C30H42O3S. The summed E-state index contributed by atoms with van der Waals surface area (Å²) >= 11 is 1.82. The van der Waals surface area contributed by atoms with E-state index >= 15 is 0 Å². The molecule has 0 spiro atoms. The summed E-state index contributed by atoms with van der Waals surface area (Å²) in [6.45, 7) is 7.99. The molecule has 2 aromatic carbocycles. The molecule has 0 bridgehead atoms. The highest BCUT2D eigenvalue weighted by Gasteiger charge is 2.05. The summed E-state index contributed by atoms with van der Waals surface area (Å²) in [4.78, 5) is 13.9. The first-order valence-electron chi connectivity index (χ1n) is 13.0. The highest BCUT2D eigenvalue weighted by atomic mass is 32.2. The monoisotopic (exact) mass is 482 g/mol. The molecule has 0 aliphatic carbocycles. The van der Waals surface area contributed by atoms with Crippen LogP contribution in [0.3, 0.4) is 0 Å². The van der Waals surface area contributed by atoms with Gasteiger partial charge in [0.2, 0.25) is 0 Å². The van der Waals surface area contributed by atoms with E-state index in [0.717, 1.165) is 42.1 Å². The molecule has 0 saturated heterocycles. The topological polar surface area (TPSA) is 35.5 Å². The lowest BCUT2D eigenvalue weighted by Crippen LogP contribution is -2.01. The summed E-state index contributed by atoms with van der Waals surface area (Å²) < 4.78 is 12.0. The molecule has 0 saturated carbocycles. The molecule has 2 rings (SSSR count). The van der Waals surface area contributed by atoms with E-state index in [1.807, 2.05) is 60.3 Å². The van der Waals surface area contributed by atoms with Gasteiger partial charge in [-0.15, -0.1) is 11.8 Å². The molecule has 0 atom stereocenters. The van der Waals surface area contributed by atoms with Crippen molar-refractivity contribution in [2.75, 3.05) is 19.0 Å². The third-order valence-corrected chi connectivity index (χ3v) is 6.69. The van der Waals surface area contributed by atoms with Crippen LogP contribution in [-0.2, 0) is 0 Å². The smallest absolute Gasteiger partial charge is 0.185 e. The Balaban J connectivity index is 2.04. The second kappa shape index (κ2) is 17.3. The molecule has 0 aliphatic rings. The number of carbonyl (C=O) groups excluding carboxylic acids is 1. The van der Waals surface area contributed by atoms with Crippen molar-refractivity contribution in [3.8, 4) is 11.5 Å². The molecular weight excluding hydrogens is 440 g/mol. The maximum absolute atomic E-state index is 12.7. The van der Waals surface area contributed by atoms with Crippen molar-refractivity contribution in [3.63, 3.8) is 0 Å². The molecule has 0 radical (unpaired) electrons. The molecule has 3 nitrogen and oxygen atoms in total. The first-order valence-corrected chi connectivity index (χ1v) is 14.0. The molecule has 34 heavy (non-hydrogen) atoms. The summed E-state index contributed by atoms with van der Waals surface area (Å²) in [5, 5.41) is 0. The van der Waals surface area contributed by atoms with Gasteiger partial charge in [-0.05, 0) is 73.1 Å². The Morgan fingerprint density at radius 1 is 0.765 bits per heavy atom. The third kappa shape index (κ3) is 11.3. The molecule has 0 aromatic heterocycles. The average molecular weight is 483 g/mol. The Morgan fingerprint density at radius 2 is 1.35 bits per heavy atom. The van der Waals surface area contributed by atoms with E-state index in [1.165, 1.54) is 43.4 Å². The molecule has 0 heterocycles. The van der Waals surface area contributed by atoms with Gasteiger partial charge >= 0.3 is 0 Å². The standard InChI is InChI=1S/C30H42O3S/c1-4-7-9-11-19-32-27-22-25(23-28(24-27)33-20-12-10-8-5-2)13-18-30(31)26-14-16-29(17-15-26)34-21-6-3/h13-18,22-24H,4-12,19-21H2,1-3H3/b18-13+. The summed E-state index contributed by atoms with van der Waals surface area (Å²) in [5.74, 6) is 2.69. The van der Waals surface area contributed by atoms with Crippen molar-refractivity contribution in [1.29, 1.82) is 0 Å². The molecule has 4 heteroatoms. The van der Waals surface area contributed by atoms with Gasteiger partial charge in [0, 0.05) is 16.5 Å². The van der Waals surface area contributed by atoms with Crippen LogP contribution < -0.4 is 9.47 Å². The maximum atomic E-state index is 12.7. The number of ketones is 1. The van der Waals surface area contributed by atoms with Crippen LogP contribution in [0, 0.1) is 0 Å². The number of rotatable bonds is 18. The second-order valence-electron chi connectivity index (χ2n) is 8.63. The Kier molecular flexibility index (Phi) is 14.2. The van der Waals surface area contributed by atoms with Crippen LogP contribution in [0.1, 0.15) is 94.5 Å². The van der Waals surface area contributed by atoms with Crippen LogP contribution >= 0.6 is 11.8 Å². The predicted molar refractivity (Wildman–Crippen MR) is 147 cm³/mol. The van der Waals surface area contributed by atoms with Crippen molar-refractivity contribution < 1.29 is 14.3 Å². The Hall–Kier alpha value is -2.20. The number of unbranched alkanes of at least 4 members (excludes halogenated alkanes) is 6. The van der Waals surface area contributed by atoms with Crippen LogP contribution in [0.2, 0.25) is 0 Å². The van der Waals surface area contributed by atoms with Crippen molar-refractivity contribution in [2.24, 2.45) is 0 Å². The zero-order valence-electron chi connectivity index (χ0n) is 21.3. The maximum Gasteiger partial charge on any atom is 0.185 e. The van der Waals surface area contributed by atoms with Gasteiger partial charge in [-0.2, -0.15) is 0 Å². The van der Waals surface area contributed by atoms with Crippen molar-refractivity contribution in [1.82, 2.24) is 0 Å². The number of carbonyl (C=O) groups is 1. The minimum atomic E-state index is -0.0000347. The van der Waals surface area contributed by atoms with Gasteiger partial charge in [0.25, 0.3) is 0 Å². The van der Waals surface area contributed by atoms with Gasteiger partial charge in [0.1, 0.15) is 11.5 Å². The lowest BCUT2D eigenvalue weighted by Gasteiger charge is -2.11. The van der Waals surface area contributed by atoms with Gasteiger partial charge in [0.15, 0.2) is 5.78 Å². The van der Waals surface area contributed by atoms with Crippen LogP contribution in [-0.4, -0.2) is 24.7 Å². The van der Waals surface area contributed by atoms with E-state index in [9.17, 15) is 4.79 Å². The Bertz CT molecular complexity index is 826. The summed E-state index contributed by atoms with van der Waals surface area (Å²) in [5.41, 5.74) is 1.62. The molecule has 0 fully saturated rings. The third-order valence-electron chi connectivity index (χ3n) is 5.47. The van der Waals surface area contributed by atoms with Crippen molar-refractivity contribution in [2.45, 2.75) is 83.5 Å². The number of benzene rings is 2. The van der Waals surface area contributed by atoms with E-state index in [2.05, 4.69) is 20.8 Å². The molecule has 0 aliphatic heterocycles. The number of allylic oxidation sites excluding steroid dienone is 1. The molecule has 186 valence electrons. The van der Waals surface area contributed by atoms with Crippen LogP contribution in [0.4, 0.5) is 0 Å². The van der Waals surface area contributed by atoms with Crippen LogP contribution in [0.15, 0.2) is 53.4 Å². The molecule has 0 amide bonds. The quantitative estimate of drug-likeness (QED) is 0.0919. The van der Waals surface area contributed by atoms with Gasteiger partial charge in [-0.1, -0.05) is 65.4 Å². The van der Waals surface area contributed by atoms with E-state index in [-0.39, 0.29) is 5.78 Å². The summed E-state index contributed by atoms with van der Waals surface area (Å²) in [7, 11) is 0. The van der Waals surface area contributed by atoms with E-state index in [0.29, 0.717) is 18.8 Å². The fraction of sp³-hybridized carbons (Fsp3) is 0.500. The molecule has 0 N–H and O–H groups in total. The zero-order valence-corrected chi connectivity index (χ0v) is 22.1. The number of ether oxygens (including phenoxy) is 2. The largest absolute Gasteiger partial charge is 0.493 e. The second-order valence-corrected chi connectivity index (χ2v) is 9.79. The Morgan fingerprint density at radius 3 is 1.88 bits per heavy atom. The minimum Gasteiger partial charge on any atom is -0.493 e. The number of hydrogen-bond donors (Lipinski definition) is 0. The fourth-order valence-electron chi connectivity index (χ4n) is 3.50. The van der Waals surface area contributed by atoms with Gasteiger partial charge in [-0.25, -0.2) is 0 Å². The van der Waals surface area contributed by atoms with Gasteiger partial charge < -0.3 is 9.47 Å². The molecule has 2 aromatic rings. The number of thioether (sulfide) groups is 1. The fourth-order valence-corrected chi connectivity index (χ4v) is 4.27. The average Bonchev–Trinajstić information content (AvgIpc) is 2.86. The number of hydrogen-bond acceptors (Lipinski definition) is 4. The highest BCUT2D eigenvalue weighted by Crippen LogP contribution is 2.25. The normalized spacial score (nSPS) is 11.1. The first-order chi connectivity index (χ1) is 16.7. The van der Waals surface area contributed by atoms with Gasteiger partial charge in [-0.3, -0.25) is 4.79 Å². The lowest BCUT2D eigenvalue weighted by atomic mass is 10.1. The summed E-state index contributed by atoms with van der Waals surface area (Å²) in [6, 6.07) is 13.8. The van der Waals surface area contributed by atoms with Crippen molar-refractivity contribution >= 4 is 23.6 Å². The van der Waals surface area contributed by atoms with Crippen LogP contribution in [0.5, 0.6) is 11.5 Å². The van der Waals surface area contributed by atoms with Gasteiger partial charge in [0.05, 0.1) is 13.2 Å². The van der Waals surface area contributed by atoms with Crippen LogP contribution in [0.25, 0.3) is 6.08 Å². The lowest BCUT2D eigenvalue weighted by molar-refractivity contribution is 0.104. The Labute approximate surface area is 211 Å². The SMILES string of the molecule is CCCCCCOc1cc(/C=C/C(=O)c2ccc(SCCC)cc2)cc(OCCCCCC)c1. The minimum absolute atomic E-state index is 0.0000347. The predicted octanol–water partition coefficient (Wildman–Crippen LogP) is 9.00. The zero-order chi connectivity index (χ0) is 24.4. The van der Waals surface area contributed by atoms with E-state index < -0.39 is 0 Å². The molecule has 0 unspecified atom stereocenters. The van der Waals surface area contributed by atoms with E-state index in [1.54, 1.807) is 6.08 Å². The van der Waals surface area contributed by atoms with E-state index in [4.69, 9.17) is 9.47 Å². The summed E-state index contributed by atoms with van der Waals surface area (Å²) in [6.07, 6.45) is 14.0. The first kappa shape index (κ1) is 28.0. The highest BCUT2D eigenvalue weighted by molar-refractivity contribution is 7.99. The van der Waals surface area contributed by atoms with Crippen molar-refractivity contribution in [3.05, 3.63) is 59.7 Å².